The molecule has 1 atom stereocenters. The molecule has 2 rings (SSSR count). The Morgan fingerprint density at radius 1 is 1.06 bits per heavy atom. The van der Waals surface area contributed by atoms with Crippen molar-refractivity contribution in [3.63, 3.8) is 0 Å². The van der Waals surface area contributed by atoms with Gasteiger partial charge in [-0.25, -0.2) is 4.39 Å². The van der Waals surface area contributed by atoms with Crippen LogP contribution in [0.1, 0.15) is 40.2 Å². The second-order valence-corrected chi connectivity index (χ2v) is 2.96. The Balaban J connectivity index is 0.000000581. The van der Waals surface area contributed by atoms with E-state index in [4.69, 9.17) is 4.74 Å². The third-order valence-corrected chi connectivity index (χ3v) is 1.90. The maximum absolute atomic E-state index is 12.6. The summed E-state index contributed by atoms with van der Waals surface area (Å²) in [5, 5.41) is 3.11. The van der Waals surface area contributed by atoms with Gasteiger partial charge in [0.2, 0.25) is 0 Å². The summed E-state index contributed by atoms with van der Waals surface area (Å²) in [5.74, 6) is -0.226. The van der Waals surface area contributed by atoms with E-state index >= 15 is 0 Å². The maximum Gasteiger partial charge on any atom is 0.166 e. The van der Waals surface area contributed by atoms with Crippen LogP contribution in [0, 0.1) is 5.82 Å². The summed E-state index contributed by atoms with van der Waals surface area (Å²) < 4.78 is 17.8. The minimum absolute atomic E-state index is 0.0000491. The maximum atomic E-state index is 12.6. The van der Waals surface area contributed by atoms with Gasteiger partial charge in [0.1, 0.15) is 12.1 Å². The fourth-order valence-electron chi connectivity index (χ4n) is 1.24. The van der Waals surface area contributed by atoms with Crippen LogP contribution in [-0.4, -0.2) is 6.23 Å². The number of nitrogens with one attached hydrogen (secondary N) is 1. The molecule has 3 heteroatoms. The Labute approximate surface area is 103 Å². The zero-order chi connectivity index (χ0) is 13.3. The van der Waals surface area contributed by atoms with Crippen molar-refractivity contribution in [1.82, 2.24) is 5.32 Å². The molecule has 17 heavy (non-hydrogen) atoms. The molecule has 2 nitrogen and oxygen atoms in total. The lowest BCUT2D eigenvalue weighted by Crippen LogP contribution is -2.18. The van der Waals surface area contributed by atoms with Crippen molar-refractivity contribution in [2.45, 2.75) is 40.8 Å². The van der Waals surface area contributed by atoms with E-state index < -0.39 is 0 Å². The minimum Gasteiger partial charge on any atom is -0.476 e. The van der Waals surface area contributed by atoms with E-state index in [2.05, 4.69) is 5.32 Å². The highest BCUT2D eigenvalue weighted by Gasteiger charge is 2.12. The van der Waals surface area contributed by atoms with Crippen LogP contribution in [-0.2, 0) is 4.74 Å². The highest BCUT2D eigenvalue weighted by molar-refractivity contribution is 5.64. The van der Waals surface area contributed by atoms with Crippen molar-refractivity contribution in [3.05, 3.63) is 41.9 Å². The van der Waals surface area contributed by atoms with Gasteiger partial charge in [0, 0.05) is 5.56 Å². The first-order valence-electron chi connectivity index (χ1n) is 6.14. The molecular formula is C14H22FNO. The van der Waals surface area contributed by atoms with Crippen LogP contribution in [0.4, 0.5) is 4.39 Å². The quantitative estimate of drug-likeness (QED) is 0.795. The van der Waals surface area contributed by atoms with Gasteiger partial charge in [0.25, 0.3) is 0 Å². The Morgan fingerprint density at radius 3 is 2.00 bits per heavy atom. The van der Waals surface area contributed by atoms with Crippen molar-refractivity contribution >= 4 is 5.70 Å². The minimum atomic E-state index is -0.226. The predicted octanol–water partition coefficient (Wildman–Crippen LogP) is 4.14. The van der Waals surface area contributed by atoms with E-state index in [0.29, 0.717) is 0 Å². The number of benzene rings is 1. The molecule has 1 N–H and O–H groups in total. The van der Waals surface area contributed by atoms with Crippen molar-refractivity contribution in [3.8, 4) is 0 Å². The number of ether oxygens (including phenoxy) is 1. The summed E-state index contributed by atoms with van der Waals surface area (Å²) in [7, 11) is 0. The van der Waals surface area contributed by atoms with Gasteiger partial charge in [-0.2, -0.15) is 0 Å². The standard InChI is InChI=1S/C10H10FNO.2C2H6/c1-7-12-10(6-13-7)8-2-4-9(11)5-3-8;2*1-2/h2-7,12H,1H3;2*1-2H3. The van der Waals surface area contributed by atoms with Gasteiger partial charge in [-0.3, -0.25) is 0 Å². The first-order chi connectivity index (χ1) is 8.25. The zero-order valence-corrected chi connectivity index (χ0v) is 11.3. The van der Waals surface area contributed by atoms with Gasteiger partial charge in [-0.1, -0.05) is 27.7 Å². The van der Waals surface area contributed by atoms with Crippen LogP contribution in [0.3, 0.4) is 0 Å². The lowest BCUT2D eigenvalue weighted by Gasteiger charge is -2.05. The van der Waals surface area contributed by atoms with Gasteiger partial charge >= 0.3 is 0 Å². The lowest BCUT2D eigenvalue weighted by atomic mass is 10.2. The molecule has 1 unspecified atom stereocenters. The first kappa shape index (κ1) is 15.5. The number of hydrogen-bond acceptors (Lipinski definition) is 2. The SMILES string of the molecule is CC.CC.CC1NC(c2ccc(F)cc2)=CO1. The summed E-state index contributed by atoms with van der Waals surface area (Å²) in [6.45, 7) is 9.91. The number of halogens is 1. The van der Waals surface area contributed by atoms with Crippen LogP contribution < -0.4 is 5.32 Å². The van der Waals surface area contributed by atoms with Crippen molar-refractivity contribution < 1.29 is 9.13 Å². The third-order valence-electron chi connectivity index (χ3n) is 1.90. The first-order valence-corrected chi connectivity index (χ1v) is 6.14. The Kier molecular flexibility index (Phi) is 7.85. The topological polar surface area (TPSA) is 21.3 Å². The fraction of sp³-hybridized carbons (Fsp3) is 0.429. The van der Waals surface area contributed by atoms with Crippen LogP contribution in [0.5, 0.6) is 0 Å². The molecule has 1 aliphatic heterocycles. The predicted molar refractivity (Wildman–Crippen MR) is 70.8 cm³/mol. The fourth-order valence-corrected chi connectivity index (χ4v) is 1.24. The summed E-state index contributed by atoms with van der Waals surface area (Å²) in [6.07, 6.45) is 1.65. The second-order valence-electron chi connectivity index (χ2n) is 2.96. The third kappa shape index (κ3) is 4.89. The Hall–Kier alpha value is -1.51. The van der Waals surface area contributed by atoms with Gasteiger partial charge in [0.05, 0.1) is 5.70 Å². The normalized spacial score (nSPS) is 16.4. The van der Waals surface area contributed by atoms with Crippen molar-refractivity contribution in [2.24, 2.45) is 0 Å². The number of hydrogen-bond donors (Lipinski definition) is 1. The molecule has 1 aliphatic rings. The van der Waals surface area contributed by atoms with E-state index in [9.17, 15) is 4.39 Å². The van der Waals surface area contributed by atoms with Crippen LogP contribution in [0.25, 0.3) is 5.70 Å². The molecule has 0 radical (unpaired) electrons. The van der Waals surface area contributed by atoms with E-state index in [1.54, 1.807) is 18.4 Å². The van der Waals surface area contributed by atoms with E-state index in [0.717, 1.165) is 11.3 Å². The molecule has 0 aliphatic carbocycles. The molecule has 0 spiro atoms. The molecule has 1 aromatic rings. The largest absolute Gasteiger partial charge is 0.476 e. The Morgan fingerprint density at radius 2 is 1.59 bits per heavy atom. The average molecular weight is 239 g/mol. The van der Waals surface area contributed by atoms with Crippen LogP contribution in [0.15, 0.2) is 30.5 Å². The van der Waals surface area contributed by atoms with Crippen molar-refractivity contribution in [2.75, 3.05) is 0 Å². The van der Waals surface area contributed by atoms with Gasteiger partial charge < -0.3 is 10.1 Å². The summed E-state index contributed by atoms with van der Waals surface area (Å²) in [6, 6.07) is 6.30. The van der Waals surface area contributed by atoms with Crippen LogP contribution in [0.2, 0.25) is 0 Å². The molecule has 0 saturated carbocycles. The summed E-state index contributed by atoms with van der Waals surface area (Å²) in [5.41, 5.74) is 1.83. The second kappa shape index (κ2) is 8.62. The highest BCUT2D eigenvalue weighted by Crippen LogP contribution is 2.17. The van der Waals surface area contributed by atoms with E-state index in [1.807, 2.05) is 34.6 Å². The van der Waals surface area contributed by atoms with Gasteiger partial charge in [0.15, 0.2) is 6.23 Å². The molecule has 96 valence electrons. The molecule has 0 amide bonds. The molecular weight excluding hydrogens is 217 g/mol. The van der Waals surface area contributed by atoms with Gasteiger partial charge in [-0.05, 0) is 31.2 Å². The van der Waals surface area contributed by atoms with E-state index in [1.165, 1.54) is 12.1 Å². The lowest BCUT2D eigenvalue weighted by molar-refractivity contribution is 0.171. The molecule has 1 aromatic carbocycles. The Bertz CT molecular complexity index is 333. The number of rotatable bonds is 1. The summed E-state index contributed by atoms with van der Waals surface area (Å²) >= 11 is 0. The van der Waals surface area contributed by atoms with Crippen LogP contribution >= 0.6 is 0 Å². The zero-order valence-electron chi connectivity index (χ0n) is 11.3. The average Bonchev–Trinajstić information content (AvgIpc) is 2.82. The molecule has 1 heterocycles. The van der Waals surface area contributed by atoms with Gasteiger partial charge in [-0.15, -0.1) is 0 Å². The highest BCUT2D eigenvalue weighted by atomic mass is 19.1. The smallest absolute Gasteiger partial charge is 0.166 e. The monoisotopic (exact) mass is 239 g/mol. The molecule has 0 aromatic heterocycles. The molecule has 0 bridgehead atoms. The summed E-state index contributed by atoms with van der Waals surface area (Å²) in [4.78, 5) is 0. The van der Waals surface area contributed by atoms with E-state index in [-0.39, 0.29) is 12.0 Å². The van der Waals surface area contributed by atoms with Crippen molar-refractivity contribution in [1.29, 1.82) is 0 Å². The molecule has 0 saturated heterocycles. The molecule has 0 fully saturated rings.